The molecule has 0 aliphatic carbocycles. The Morgan fingerprint density at radius 2 is 1.64 bits per heavy atom. The number of hydrogen-bond donors (Lipinski definition) is 2. The Labute approximate surface area is 146 Å². The van der Waals surface area contributed by atoms with Gasteiger partial charge in [-0.1, -0.05) is 24.3 Å². The Hall–Kier alpha value is -3.28. The van der Waals surface area contributed by atoms with Crippen LogP contribution in [0.15, 0.2) is 67.3 Å². The minimum Gasteiger partial charge on any atom is -0.482 e. The van der Waals surface area contributed by atoms with Crippen molar-refractivity contribution < 1.29 is 19.1 Å². The number of esters is 1. The van der Waals surface area contributed by atoms with Gasteiger partial charge in [-0.3, -0.25) is 4.79 Å². The Morgan fingerprint density at radius 3 is 2.32 bits per heavy atom. The van der Waals surface area contributed by atoms with Gasteiger partial charge in [-0.05, 0) is 36.4 Å². The number of benzene rings is 2. The molecule has 0 atom stereocenters. The van der Waals surface area contributed by atoms with E-state index in [2.05, 4.69) is 17.2 Å². The molecule has 1 amide bonds. The van der Waals surface area contributed by atoms with Crippen LogP contribution < -0.4 is 15.4 Å². The van der Waals surface area contributed by atoms with Crippen molar-refractivity contribution in [3.05, 3.63) is 67.3 Å². The highest BCUT2D eigenvalue weighted by molar-refractivity contribution is 5.81. The van der Waals surface area contributed by atoms with E-state index in [1.54, 1.807) is 18.2 Å². The van der Waals surface area contributed by atoms with E-state index in [-0.39, 0.29) is 19.1 Å². The highest BCUT2D eigenvalue weighted by atomic mass is 16.6. The zero-order chi connectivity index (χ0) is 17.9. The molecule has 130 valence electrons. The number of carbonyl (C=O) groups is 2. The molecule has 0 saturated carbocycles. The number of para-hydroxylation sites is 1. The molecule has 0 aromatic heterocycles. The number of carbonyl (C=O) groups excluding carboxylic acids is 2. The predicted octanol–water partition coefficient (Wildman–Crippen LogP) is 2.65. The van der Waals surface area contributed by atoms with Crippen LogP contribution >= 0.6 is 0 Å². The molecule has 2 N–H and O–H groups in total. The molecule has 2 aromatic rings. The fraction of sp³-hybridized carbons (Fsp3) is 0.158. The Balaban J connectivity index is 1.73. The number of ether oxygens (including phenoxy) is 2. The molecule has 0 bridgehead atoms. The van der Waals surface area contributed by atoms with Crippen LogP contribution in [0.4, 0.5) is 11.4 Å². The standard InChI is InChI=1S/C19H20N2O4/c1-2-12-20-18(22)13-25-19(23)14-24-17-10-8-16(9-11-17)21-15-6-4-3-5-7-15/h2-11,21H,1,12-14H2,(H,20,22). The van der Waals surface area contributed by atoms with Gasteiger partial charge in [0.1, 0.15) is 5.75 Å². The number of anilines is 2. The van der Waals surface area contributed by atoms with Crippen molar-refractivity contribution in [3.63, 3.8) is 0 Å². The maximum Gasteiger partial charge on any atom is 0.344 e. The van der Waals surface area contributed by atoms with Crippen LogP contribution in [-0.2, 0) is 14.3 Å². The van der Waals surface area contributed by atoms with Gasteiger partial charge in [0, 0.05) is 17.9 Å². The molecular weight excluding hydrogens is 320 g/mol. The number of amides is 1. The molecule has 6 heteroatoms. The fourth-order valence-corrected chi connectivity index (χ4v) is 1.89. The predicted molar refractivity (Wildman–Crippen MR) is 95.8 cm³/mol. The molecule has 25 heavy (non-hydrogen) atoms. The van der Waals surface area contributed by atoms with Crippen molar-refractivity contribution in [1.29, 1.82) is 0 Å². The van der Waals surface area contributed by atoms with Crippen LogP contribution in [0.3, 0.4) is 0 Å². The van der Waals surface area contributed by atoms with Crippen molar-refractivity contribution in [2.24, 2.45) is 0 Å². The molecule has 0 fully saturated rings. The third-order valence-corrected chi connectivity index (χ3v) is 3.08. The van der Waals surface area contributed by atoms with Crippen LogP contribution in [0.25, 0.3) is 0 Å². The van der Waals surface area contributed by atoms with Crippen LogP contribution in [0.1, 0.15) is 0 Å². The molecule has 2 aromatic carbocycles. The normalized spacial score (nSPS) is 9.76. The summed E-state index contributed by atoms with van der Waals surface area (Å²) >= 11 is 0. The number of nitrogens with one attached hydrogen (secondary N) is 2. The van der Waals surface area contributed by atoms with Crippen molar-refractivity contribution in [3.8, 4) is 5.75 Å². The molecule has 6 nitrogen and oxygen atoms in total. The van der Waals surface area contributed by atoms with E-state index in [1.165, 1.54) is 0 Å². The van der Waals surface area contributed by atoms with Gasteiger partial charge in [-0.15, -0.1) is 6.58 Å². The van der Waals surface area contributed by atoms with Crippen molar-refractivity contribution in [1.82, 2.24) is 5.32 Å². The molecule has 0 radical (unpaired) electrons. The lowest BCUT2D eigenvalue weighted by Gasteiger charge is -2.09. The summed E-state index contributed by atoms with van der Waals surface area (Å²) in [5, 5.41) is 5.75. The Bertz CT molecular complexity index is 699. The first kappa shape index (κ1) is 18.1. The topological polar surface area (TPSA) is 76.7 Å². The summed E-state index contributed by atoms with van der Waals surface area (Å²) < 4.78 is 10.1. The van der Waals surface area contributed by atoms with Crippen molar-refractivity contribution in [2.45, 2.75) is 0 Å². The molecule has 0 spiro atoms. The Kier molecular flexibility index (Phi) is 7.06. The third kappa shape index (κ3) is 6.78. The quantitative estimate of drug-likeness (QED) is 0.542. The Morgan fingerprint density at radius 1 is 0.960 bits per heavy atom. The van der Waals surface area contributed by atoms with Crippen molar-refractivity contribution >= 4 is 23.3 Å². The molecule has 0 aliphatic heterocycles. The first-order valence-corrected chi connectivity index (χ1v) is 7.75. The average molecular weight is 340 g/mol. The second-order valence-electron chi connectivity index (χ2n) is 5.06. The van der Waals surface area contributed by atoms with Crippen molar-refractivity contribution in [2.75, 3.05) is 25.1 Å². The highest BCUT2D eigenvalue weighted by Gasteiger charge is 2.08. The minimum absolute atomic E-state index is 0.264. The lowest BCUT2D eigenvalue weighted by molar-refractivity contribution is -0.150. The number of rotatable bonds is 9. The molecule has 0 heterocycles. The summed E-state index contributed by atoms with van der Waals surface area (Å²) in [4.78, 5) is 22.8. The molecule has 0 saturated heterocycles. The van der Waals surface area contributed by atoms with Gasteiger partial charge in [-0.2, -0.15) is 0 Å². The molecule has 0 aliphatic rings. The number of hydrogen-bond acceptors (Lipinski definition) is 5. The summed E-state index contributed by atoms with van der Waals surface area (Å²) in [5.74, 6) is -0.462. The zero-order valence-corrected chi connectivity index (χ0v) is 13.7. The fourth-order valence-electron chi connectivity index (χ4n) is 1.89. The first-order valence-electron chi connectivity index (χ1n) is 7.75. The minimum atomic E-state index is -0.611. The van der Waals surface area contributed by atoms with E-state index >= 15 is 0 Å². The maximum atomic E-state index is 11.5. The lowest BCUT2D eigenvalue weighted by Crippen LogP contribution is -2.29. The van der Waals surface area contributed by atoms with E-state index in [0.29, 0.717) is 12.3 Å². The van der Waals surface area contributed by atoms with Gasteiger partial charge >= 0.3 is 5.97 Å². The van der Waals surface area contributed by atoms with Crippen LogP contribution in [0.2, 0.25) is 0 Å². The van der Waals surface area contributed by atoms with Crippen LogP contribution in [0.5, 0.6) is 5.75 Å². The summed E-state index contributed by atoms with van der Waals surface area (Å²) in [5.41, 5.74) is 1.88. The van der Waals surface area contributed by atoms with E-state index in [0.717, 1.165) is 11.4 Å². The summed E-state index contributed by atoms with van der Waals surface area (Å²) in [6.45, 7) is 3.20. The summed E-state index contributed by atoms with van der Waals surface area (Å²) in [6, 6.07) is 16.9. The van der Waals surface area contributed by atoms with Gasteiger partial charge < -0.3 is 20.1 Å². The van der Waals surface area contributed by atoms with E-state index in [1.807, 2.05) is 42.5 Å². The molecular formula is C19H20N2O4. The third-order valence-electron chi connectivity index (χ3n) is 3.08. The highest BCUT2D eigenvalue weighted by Crippen LogP contribution is 2.19. The zero-order valence-electron chi connectivity index (χ0n) is 13.7. The van der Waals surface area contributed by atoms with Gasteiger partial charge in [0.15, 0.2) is 13.2 Å². The monoisotopic (exact) mass is 340 g/mol. The largest absolute Gasteiger partial charge is 0.482 e. The SMILES string of the molecule is C=CCNC(=O)COC(=O)COc1ccc(Nc2ccccc2)cc1. The van der Waals surface area contributed by atoms with Gasteiger partial charge in [0.25, 0.3) is 5.91 Å². The molecule has 2 rings (SSSR count). The van der Waals surface area contributed by atoms with E-state index < -0.39 is 5.97 Å². The second kappa shape index (κ2) is 9.77. The van der Waals surface area contributed by atoms with Crippen LogP contribution in [-0.4, -0.2) is 31.6 Å². The van der Waals surface area contributed by atoms with E-state index in [9.17, 15) is 9.59 Å². The molecule has 0 unspecified atom stereocenters. The van der Waals surface area contributed by atoms with E-state index in [4.69, 9.17) is 9.47 Å². The smallest absolute Gasteiger partial charge is 0.344 e. The van der Waals surface area contributed by atoms with Gasteiger partial charge in [-0.25, -0.2) is 4.79 Å². The van der Waals surface area contributed by atoms with Gasteiger partial charge in [0.2, 0.25) is 0 Å². The average Bonchev–Trinajstić information content (AvgIpc) is 2.65. The van der Waals surface area contributed by atoms with Gasteiger partial charge in [0.05, 0.1) is 0 Å². The summed E-state index contributed by atoms with van der Waals surface area (Å²) in [7, 11) is 0. The first-order chi connectivity index (χ1) is 12.2. The van der Waals surface area contributed by atoms with Crippen LogP contribution in [0, 0.1) is 0 Å². The lowest BCUT2D eigenvalue weighted by atomic mass is 10.2. The summed E-state index contributed by atoms with van der Waals surface area (Å²) in [6.07, 6.45) is 1.54. The second-order valence-corrected chi connectivity index (χ2v) is 5.06. The maximum absolute atomic E-state index is 11.5.